The number of benzene rings is 1. The van der Waals surface area contributed by atoms with E-state index in [0.29, 0.717) is 11.3 Å². The third kappa shape index (κ3) is 4.32. The zero-order valence-electron chi connectivity index (χ0n) is 13.1. The standard InChI is InChI=1S/C16H18N2O5/c1-9(2)16(21)18-17-14(19)8-22-11-4-5-12-10(3)6-15(20)23-13(12)7-11/h4-7,9H,8H2,1-3H3,(H,17,19)(H,18,21). The Hall–Kier alpha value is -2.83. The van der Waals surface area contributed by atoms with E-state index in [1.165, 1.54) is 6.07 Å². The minimum Gasteiger partial charge on any atom is -0.484 e. The van der Waals surface area contributed by atoms with Crippen molar-refractivity contribution in [2.24, 2.45) is 5.92 Å². The van der Waals surface area contributed by atoms with E-state index in [1.807, 2.05) is 6.92 Å². The van der Waals surface area contributed by atoms with Crippen molar-refractivity contribution in [3.05, 3.63) is 40.2 Å². The number of hydrogen-bond donors (Lipinski definition) is 2. The largest absolute Gasteiger partial charge is 0.484 e. The molecule has 0 unspecified atom stereocenters. The molecule has 1 heterocycles. The van der Waals surface area contributed by atoms with Crippen LogP contribution in [0.25, 0.3) is 11.0 Å². The number of carbonyl (C=O) groups is 2. The molecule has 122 valence electrons. The van der Waals surface area contributed by atoms with Crippen LogP contribution in [-0.4, -0.2) is 18.4 Å². The van der Waals surface area contributed by atoms with E-state index in [2.05, 4.69) is 10.9 Å². The summed E-state index contributed by atoms with van der Waals surface area (Å²) in [6.45, 7) is 4.95. The van der Waals surface area contributed by atoms with E-state index in [-0.39, 0.29) is 18.4 Å². The molecule has 0 atom stereocenters. The minimum atomic E-state index is -0.496. The lowest BCUT2D eigenvalue weighted by atomic mass is 10.1. The molecular formula is C16H18N2O5. The van der Waals surface area contributed by atoms with Gasteiger partial charge in [-0.2, -0.15) is 0 Å². The van der Waals surface area contributed by atoms with Crippen LogP contribution in [-0.2, 0) is 9.59 Å². The Morgan fingerprint density at radius 1 is 1.22 bits per heavy atom. The Morgan fingerprint density at radius 3 is 2.65 bits per heavy atom. The Kier molecular flexibility index (Phi) is 5.00. The highest BCUT2D eigenvalue weighted by Gasteiger charge is 2.09. The van der Waals surface area contributed by atoms with Crippen LogP contribution >= 0.6 is 0 Å². The van der Waals surface area contributed by atoms with Gasteiger partial charge >= 0.3 is 5.63 Å². The van der Waals surface area contributed by atoms with Gasteiger partial charge in [-0.3, -0.25) is 20.4 Å². The van der Waals surface area contributed by atoms with Crippen molar-refractivity contribution >= 4 is 22.8 Å². The predicted octanol–water partition coefficient (Wildman–Crippen LogP) is 1.28. The zero-order chi connectivity index (χ0) is 17.0. The molecule has 0 saturated carbocycles. The number of hydrazine groups is 1. The van der Waals surface area contributed by atoms with Crippen LogP contribution in [0, 0.1) is 12.8 Å². The van der Waals surface area contributed by atoms with E-state index < -0.39 is 11.5 Å². The normalized spacial score (nSPS) is 10.6. The molecule has 1 aromatic heterocycles. The van der Waals surface area contributed by atoms with Crippen LogP contribution in [0.2, 0.25) is 0 Å². The van der Waals surface area contributed by atoms with Crippen LogP contribution in [0.15, 0.2) is 33.5 Å². The number of hydrogen-bond acceptors (Lipinski definition) is 5. The Labute approximate surface area is 132 Å². The molecule has 2 N–H and O–H groups in total. The minimum absolute atomic E-state index is 0.233. The first-order chi connectivity index (χ1) is 10.9. The SMILES string of the molecule is Cc1cc(=O)oc2cc(OCC(=O)NNC(=O)C(C)C)ccc12. The highest BCUT2D eigenvalue weighted by molar-refractivity contribution is 5.84. The summed E-state index contributed by atoms with van der Waals surface area (Å²) in [6.07, 6.45) is 0. The van der Waals surface area contributed by atoms with Crippen molar-refractivity contribution in [2.75, 3.05) is 6.61 Å². The van der Waals surface area contributed by atoms with Gasteiger partial charge in [0.05, 0.1) is 0 Å². The summed E-state index contributed by atoms with van der Waals surface area (Å²) >= 11 is 0. The Bertz CT molecular complexity index is 795. The molecule has 0 spiro atoms. The van der Waals surface area contributed by atoms with E-state index >= 15 is 0 Å². The molecule has 2 aromatic rings. The van der Waals surface area contributed by atoms with Gasteiger partial charge in [-0.1, -0.05) is 13.8 Å². The first-order valence-electron chi connectivity index (χ1n) is 7.13. The predicted molar refractivity (Wildman–Crippen MR) is 83.8 cm³/mol. The monoisotopic (exact) mass is 318 g/mol. The highest BCUT2D eigenvalue weighted by atomic mass is 16.5. The van der Waals surface area contributed by atoms with Gasteiger partial charge in [-0.25, -0.2) is 4.79 Å². The van der Waals surface area contributed by atoms with Crippen LogP contribution in [0.5, 0.6) is 5.75 Å². The molecule has 0 radical (unpaired) electrons. The Balaban J connectivity index is 1.98. The molecule has 7 heteroatoms. The number of rotatable bonds is 4. The van der Waals surface area contributed by atoms with E-state index in [0.717, 1.165) is 10.9 Å². The molecule has 0 fully saturated rings. The topological polar surface area (TPSA) is 97.6 Å². The van der Waals surface area contributed by atoms with Gasteiger partial charge in [-0.05, 0) is 24.6 Å². The average molecular weight is 318 g/mol. The summed E-state index contributed by atoms with van der Waals surface area (Å²) in [5.41, 5.74) is 5.29. The third-order valence-corrected chi connectivity index (χ3v) is 3.14. The summed E-state index contributed by atoms with van der Waals surface area (Å²) in [4.78, 5) is 34.3. The molecule has 7 nitrogen and oxygen atoms in total. The van der Waals surface area contributed by atoms with Crippen molar-refractivity contribution in [2.45, 2.75) is 20.8 Å². The lowest BCUT2D eigenvalue weighted by Gasteiger charge is -2.10. The second-order valence-corrected chi connectivity index (χ2v) is 5.39. The second-order valence-electron chi connectivity index (χ2n) is 5.39. The maximum Gasteiger partial charge on any atom is 0.336 e. The summed E-state index contributed by atoms with van der Waals surface area (Å²) in [5.74, 6) is -0.634. The fraction of sp³-hybridized carbons (Fsp3) is 0.312. The number of amides is 2. The second kappa shape index (κ2) is 6.95. The quantitative estimate of drug-likeness (QED) is 0.654. The first kappa shape index (κ1) is 16.5. The number of carbonyl (C=O) groups excluding carboxylic acids is 2. The lowest BCUT2D eigenvalue weighted by Crippen LogP contribution is -2.45. The maximum atomic E-state index is 11.6. The van der Waals surface area contributed by atoms with E-state index in [9.17, 15) is 14.4 Å². The van der Waals surface area contributed by atoms with Crippen molar-refractivity contribution in [1.82, 2.24) is 10.9 Å². The molecule has 0 bridgehead atoms. The molecule has 0 aliphatic carbocycles. The van der Waals surface area contributed by atoms with Crippen LogP contribution in [0.3, 0.4) is 0 Å². The van der Waals surface area contributed by atoms with Gasteiger partial charge in [0.15, 0.2) is 6.61 Å². The number of aryl methyl sites for hydroxylation is 1. The molecule has 23 heavy (non-hydrogen) atoms. The number of nitrogens with one attached hydrogen (secondary N) is 2. The zero-order valence-corrected chi connectivity index (χ0v) is 13.1. The van der Waals surface area contributed by atoms with E-state index in [4.69, 9.17) is 9.15 Å². The molecule has 1 aromatic carbocycles. The fourth-order valence-corrected chi connectivity index (χ4v) is 1.86. The summed E-state index contributed by atoms with van der Waals surface area (Å²) in [5, 5.41) is 0.797. The van der Waals surface area contributed by atoms with Crippen molar-refractivity contribution < 1.29 is 18.7 Å². The average Bonchev–Trinajstić information content (AvgIpc) is 2.49. The molecule has 0 aliphatic rings. The van der Waals surface area contributed by atoms with Gasteiger partial charge in [0.2, 0.25) is 5.91 Å². The highest BCUT2D eigenvalue weighted by Crippen LogP contribution is 2.22. The smallest absolute Gasteiger partial charge is 0.336 e. The van der Waals surface area contributed by atoms with Crippen molar-refractivity contribution in [3.8, 4) is 5.75 Å². The molecule has 2 rings (SSSR count). The van der Waals surface area contributed by atoms with Gasteiger partial charge in [0.25, 0.3) is 5.91 Å². The summed E-state index contributed by atoms with van der Waals surface area (Å²) in [6, 6.07) is 6.38. The molecule has 0 saturated heterocycles. The maximum absolute atomic E-state index is 11.6. The number of ether oxygens (including phenoxy) is 1. The molecular weight excluding hydrogens is 300 g/mol. The molecule has 0 aliphatic heterocycles. The van der Waals surface area contributed by atoms with Crippen LogP contribution in [0.4, 0.5) is 0 Å². The lowest BCUT2D eigenvalue weighted by molar-refractivity contribution is -0.131. The van der Waals surface area contributed by atoms with E-state index in [1.54, 1.807) is 32.0 Å². The van der Waals surface area contributed by atoms with Crippen LogP contribution in [0.1, 0.15) is 19.4 Å². The van der Waals surface area contributed by atoms with Gasteiger partial charge < -0.3 is 9.15 Å². The third-order valence-electron chi connectivity index (χ3n) is 3.14. The molecule has 2 amide bonds. The Morgan fingerprint density at radius 2 is 1.96 bits per heavy atom. The van der Waals surface area contributed by atoms with Crippen molar-refractivity contribution in [1.29, 1.82) is 0 Å². The summed E-state index contributed by atoms with van der Waals surface area (Å²) < 4.78 is 10.4. The fourth-order valence-electron chi connectivity index (χ4n) is 1.86. The van der Waals surface area contributed by atoms with Gasteiger partial charge in [-0.15, -0.1) is 0 Å². The summed E-state index contributed by atoms with van der Waals surface area (Å²) in [7, 11) is 0. The first-order valence-corrected chi connectivity index (χ1v) is 7.13. The number of fused-ring (bicyclic) bond motifs is 1. The van der Waals surface area contributed by atoms with Gasteiger partial charge in [0, 0.05) is 23.4 Å². The van der Waals surface area contributed by atoms with Crippen LogP contribution < -0.4 is 21.2 Å². The van der Waals surface area contributed by atoms with Gasteiger partial charge in [0.1, 0.15) is 11.3 Å². The van der Waals surface area contributed by atoms with Crippen molar-refractivity contribution in [3.63, 3.8) is 0 Å².